The number of ether oxygens (including phenoxy) is 1. The molecule has 0 aromatic heterocycles. The van der Waals surface area contributed by atoms with Gasteiger partial charge in [-0.15, -0.1) is 0 Å². The van der Waals surface area contributed by atoms with Crippen LogP contribution in [0.15, 0.2) is 48.5 Å². The largest absolute Gasteiger partial charge is 0.304 e. The summed E-state index contributed by atoms with van der Waals surface area (Å²) in [5, 5.41) is 0.675. The van der Waals surface area contributed by atoms with Crippen LogP contribution in [0.5, 0.6) is 0 Å². The lowest BCUT2D eigenvalue weighted by Gasteiger charge is -2.38. The Bertz CT molecular complexity index is 699. The highest BCUT2D eigenvalue weighted by Gasteiger charge is 2.60. The molecule has 108 valence electrons. The summed E-state index contributed by atoms with van der Waals surface area (Å²) in [5.41, 5.74) is 3.03. The predicted octanol–water partition coefficient (Wildman–Crippen LogP) is 4.35. The predicted molar refractivity (Wildman–Crippen MR) is 78.7 cm³/mol. The van der Waals surface area contributed by atoms with Gasteiger partial charge in [-0.2, -0.15) is 9.78 Å². The Balaban J connectivity index is 1.96. The number of halogens is 1. The molecule has 1 saturated heterocycles. The van der Waals surface area contributed by atoms with Crippen LogP contribution in [-0.4, -0.2) is 5.79 Å². The first-order valence-electron chi connectivity index (χ1n) is 6.98. The van der Waals surface area contributed by atoms with Crippen molar-refractivity contribution in [3.63, 3.8) is 0 Å². The van der Waals surface area contributed by atoms with E-state index in [1.807, 2.05) is 49.4 Å². The highest BCUT2D eigenvalue weighted by Crippen LogP contribution is 2.56. The third-order valence-electron chi connectivity index (χ3n) is 4.46. The molecule has 1 fully saturated rings. The Morgan fingerprint density at radius 1 is 1.00 bits per heavy atom. The van der Waals surface area contributed by atoms with Crippen LogP contribution in [0.3, 0.4) is 0 Å². The van der Waals surface area contributed by atoms with Crippen LogP contribution in [0.1, 0.15) is 36.5 Å². The van der Waals surface area contributed by atoms with Crippen molar-refractivity contribution in [2.75, 3.05) is 0 Å². The van der Waals surface area contributed by atoms with E-state index in [0.29, 0.717) is 5.02 Å². The lowest BCUT2D eigenvalue weighted by Crippen LogP contribution is -2.42. The molecule has 2 heterocycles. The molecule has 2 aromatic rings. The van der Waals surface area contributed by atoms with E-state index < -0.39 is 11.6 Å². The molecule has 0 saturated carbocycles. The van der Waals surface area contributed by atoms with Gasteiger partial charge in [-0.3, -0.25) is 0 Å². The van der Waals surface area contributed by atoms with Gasteiger partial charge in [-0.25, -0.2) is 0 Å². The molecular weight excluding hydrogens is 288 g/mol. The highest BCUT2D eigenvalue weighted by atomic mass is 35.5. The summed E-state index contributed by atoms with van der Waals surface area (Å²) in [6.45, 7) is 3.99. The van der Waals surface area contributed by atoms with Crippen LogP contribution in [0.2, 0.25) is 5.02 Å². The molecule has 3 atom stereocenters. The van der Waals surface area contributed by atoms with Gasteiger partial charge in [-0.05, 0) is 24.6 Å². The molecule has 0 radical (unpaired) electrons. The maximum Gasteiger partial charge on any atom is 0.257 e. The van der Waals surface area contributed by atoms with Gasteiger partial charge in [0, 0.05) is 22.1 Å². The van der Waals surface area contributed by atoms with Crippen LogP contribution in [0.4, 0.5) is 0 Å². The fourth-order valence-corrected chi connectivity index (χ4v) is 3.24. The number of hydrogen-bond donors (Lipinski definition) is 0. The second kappa shape index (κ2) is 4.31. The van der Waals surface area contributed by atoms with Gasteiger partial charge < -0.3 is 4.74 Å². The van der Waals surface area contributed by atoms with Crippen molar-refractivity contribution in [3.05, 3.63) is 70.2 Å². The minimum absolute atomic E-state index is 0.0802. The molecule has 2 aromatic carbocycles. The summed E-state index contributed by atoms with van der Waals surface area (Å²) < 4.78 is 6.25. The highest BCUT2D eigenvalue weighted by molar-refractivity contribution is 6.30. The van der Waals surface area contributed by atoms with Crippen molar-refractivity contribution in [1.29, 1.82) is 0 Å². The van der Waals surface area contributed by atoms with E-state index >= 15 is 0 Å². The second-order valence-electron chi connectivity index (χ2n) is 5.72. The number of hydrogen-bond acceptors (Lipinski definition) is 3. The lowest BCUT2D eigenvalue weighted by molar-refractivity contribution is -0.342. The smallest absolute Gasteiger partial charge is 0.257 e. The van der Waals surface area contributed by atoms with Crippen LogP contribution in [0, 0.1) is 0 Å². The molecule has 1 unspecified atom stereocenters. The number of benzene rings is 2. The SMILES string of the molecule is CC1c2ccccc2[C@]2(c3ccc(Cl)cc3)OO[C@@]1(C)O2. The van der Waals surface area contributed by atoms with Crippen molar-refractivity contribution < 1.29 is 14.5 Å². The Morgan fingerprint density at radius 3 is 2.48 bits per heavy atom. The third kappa shape index (κ3) is 1.72. The molecule has 21 heavy (non-hydrogen) atoms. The molecule has 0 N–H and O–H groups in total. The molecule has 0 aliphatic carbocycles. The van der Waals surface area contributed by atoms with Gasteiger partial charge in [-0.1, -0.05) is 54.9 Å². The van der Waals surface area contributed by atoms with Gasteiger partial charge in [0.05, 0.1) is 0 Å². The summed E-state index contributed by atoms with van der Waals surface area (Å²) in [4.78, 5) is 11.3. The van der Waals surface area contributed by atoms with Crippen molar-refractivity contribution in [1.82, 2.24) is 0 Å². The van der Waals surface area contributed by atoms with E-state index in [0.717, 1.165) is 11.1 Å². The lowest BCUT2D eigenvalue weighted by atomic mass is 9.81. The van der Waals surface area contributed by atoms with Gasteiger partial charge in [0.15, 0.2) is 0 Å². The molecule has 0 spiro atoms. The average molecular weight is 303 g/mol. The van der Waals surface area contributed by atoms with E-state index in [1.165, 1.54) is 5.56 Å². The maximum absolute atomic E-state index is 6.25. The molecule has 4 rings (SSSR count). The van der Waals surface area contributed by atoms with Crippen molar-refractivity contribution in [2.45, 2.75) is 31.3 Å². The monoisotopic (exact) mass is 302 g/mol. The third-order valence-corrected chi connectivity index (χ3v) is 4.72. The Labute approximate surface area is 128 Å². The van der Waals surface area contributed by atoms with Crippen LogP contribution in [-0.2, 0) is 20.3 Å². The van der Waals surface area contributed by atoms with Crippen LogP contribution < -0.4 is 0 Å². The van der Waals surface area contributed by atoms with E-state index in [-0.39, 0.29) is 5.92 Å². The van der Waals surface area contributed by atoms with E-state index in [2.05, 4.69) is 13.0 Å². The van der Waals surface area contributed by atoms with E-state index in [9.17, 15) is 0 Å². The molecule has 4 heteroatoms. The first-order chi connectivity index (χ1) is 10.1. The van der Waals surface area contributed by atoms with Gasteiger partial charge in [0.25, 0.3) is 5.79 Å². The zero-order chi connectivity index (χ0) is 14.7. The van der Waals surface area contributed by atoms with Crippen LogP contribution in [0.25, 0.3) is 0 Å². The summed E-state index contributed by atoms with van der Waals surface area (Å²) in [5.74, 6) is -1.74. The zero-order valence-electron chi connectivity index (χ0n) is 11.8. The standard InChI is InChI=1S/C17H15ClO3/c1-11-14-5-3-4-6-15(14)17(19-16(11,2)20-21-17)12-7-9-13(18)10-8-12/h3-11H,1-2H3/t11?,16-,17+/m1/s1. The van der Waals surface area contributed by atoms with E-state index in [1.54, 1.807) is 0 Å². The molecule has 2 aliphatic rings. The fraction of sp³-hybridized carbons (Fsp3) is 0.294. The topological polar surface area (TPSA) is 27.7 Å². The summed E-state index contributed by atoms with van der Waals surface area (Å²) in [6, 6.07) is 15.6. The van der Waals surface area contributed by atoms with Crippen LogP contribution >= 0.6 is 11.6 Å². The molecule has 2 bridgehead atoms. The van der Waals surface area contributed by atoms with Gasteiger partial charge >= 0.3 is 0 Å². The second-order valence-corrected chi connectivity index (χ2v) is 6.15. The van der Waals surface area contributed by atoms with Gasteiger partial charge in [0.1, 0.15) is 0 Å². The summed E-state index contributed by atoms with van der Waals surface area (Å²) in [6.07, 6.45) is 0. The quantitative estimate of drug-likeness (QED) is 0.733. The molecular formula is C17H15ClO3. The van der Waals surface area contributed by atoms with E-state index in [4.69, 9.17) is 26.1 Å². The Morgan fingerprint density at radius 2 is 1.71 bits per heavy atom. The van der Waals surface area contributed by atoms with Crippen molar-refractivity contribution >= 4 is 11.6 Å². The normalized spacial score (nSPS) is 33.8. The molecule has 0 amide bonds. The fourth-order valence-electron chi connectivity index (χ4n) is 3.11. The Hall–Kier alpha value is -1.39. The Kier molecular flexibility index (Phi) is 2.72. The van der Waals surface area contributed by atoms with Crippen molar-refractivity contribution in [2.24, 2.45) is 0 Å². The average Bonchev–Trinajstić information content (AvgIpc) is 2.84. The molecule has 3 nitrogen and oxygen atoms in total. The van der Waals surface area contributed by atoms with Gasteiger partial charge in [0.2, 0.25) is 5.79 Å². The minimum Gasteiger partial charge on any atom is -0.304 e. The number of rotatable bonds is 1. The first kappa shape index (κ1) is 13.3. The minimum atomic E-state index is -1.03. The number of fused-ring (bicyclic) bond motifs is 4. The molecule has 2 aliphatic heterocycles. The van der Waals surface area contributed by atoms with Crippen molar-refractivity contribution in [3.8, 4) is 0 Å². The summed E-state index contributed by atoms with van der Waals surface area (Å²) >= 11 is 5.99. The maximum atomic E-state index is 6.25. The zero-order valence-corrected chi connectivity index (χ0v) is 12.6. The first-order valence-corrected chi connectivity index (χ1v) is 7.35. The summed E-state index contributed by atoms with van der Waals surface area (Å²) in [7, 11) is 0.